The molecule has 0 spiro atoms. The molecule has 2 saturated heterocycles. The van der Waals surface area contributed by atoms with Crippen molar-refractivity contribution >= 4 is 44.9 Å². The number of anilines is 1. The number of aromatic nitrogens is 2. The molecule has 0 radical (unpaired) electrons. The Hall–Kier alpha value is -2.22. The van der Waals surface area contributed by atoms with E-state index in [0.29, 0.717) is 6.54 Å². The lowest BCUT2D eigenvalue weighted by atomic mass is 10.1. The topological polar surface area (TPSA) is 52.6 Å². The van der Waals surface area contributed by atoms with Crippen LogP contribution in [0.4, 0.5) is 5.82 Å². The molecular weight excluding hydrogens is 430 g/mol. The largest absolute Gasteiger partial charge is 0.353 e. The number of piperidine rings is 1. The summed E-state index contributed by atoms with van der Waals surface area (Å²) in [6.45, 7) is 5.82. The molecule has 0 atom stereocenters. The summed E-state index contributed by atoms with van der Waals surface area (Å²) in [6, 6.07) is 7.93. The number of thiophene rings is 1. The smallest absolute Gasteiger partial charge is 0.236 e. The Morgan fingerprint density at radius 2 is 1.71 bits per heavy atom. The maximum Gasteiger partial charge on any atom is 0.236 e. The van der Waals surface area contributed by atoms with Crippen LogP contribution in [-0.2, 0) is 4.79 Å². The number of halogens is 1. The molecule has 6 nitrogen and oxygen atoms in total. The van der Waals surface area contributed by atoms with Crippen LogP contribution in [0.1, 0.15) is 19.3 Å². The van der Waals surface area contributed by atoms with Gasteiger partial charge in [0.25, 0.3) is 0 Å². The van der Waals surface area contributed by atoms with Gasteiger partial charge in [0.15, 0.2) is 0 Å². The first-order chi connectivity index (χ1) is 15.2. The highest BCUT2D eigenvalue weighted by Gasteiger charge is 2.25. The van der Waals surface area contributed by atoms with E-state index >= 15 is 0 Å². The van der Waals surface area contributed by atoms with E-state index in [1.165, 1.54) is 6.42 Å². The number of hydrogen-bond acceptors (Lipinski definition) is 6. The standard InChI is InChI=1S/C23H26ClN5OS/c24-18-6-4-17(5-7-18)19-15-31-23-21(19)22(25-16-26-23)29-12-10-27(11-13-29)14-20(30)28-8-2-1-3-9-28/h4-7,15-16H,1-3,8-14H2. The Morgan fingerprint density at radius 3 is 2.45 bits per heavy atom. The van der Waals surface area contributed by atoms with Crippen molar-refractivity contribution in [1.29, 1.82) is 0 Å². The quantitative estimate of drug-likeness (QED) is 0.591. The first-order valence-electron chi connectivity index (χ1n) is 10.9. The van der Waals surface area contributed by atoms with Gasteiger partial charge in [-0.15, -0.1) is 11.3 Å². The molecule has 1 amide bonds. The van der Waals surface area contributed by atoms with Crippen LogP contribution >= 0.6 is 22.9 Å². The molecule has 2 aliphatic rings. The molecule has 3 aromatic rings. The number of nitrogens with zero attached hydrogens (tertiary/aromatic N) is 5. The maximum absolute atomic E-state index is 12.6. The highest BCUT2D eigenvalue weighted by molar-refractivity contribution is 7.17. The van der Waals surface area contributed by atoms with Crippen molar-refractivity contribution in [1.82, 2.24) is 19.8 Å². The maximum atomic E-state index is 12.6. The van der Waals surface area contributed by atoms with Crippen LogP contribution in [0.5, 0.6) is 0 Å². The third-order valence-corrected chi connectivity index (χ3v) is 7.38. The molecule has 2 aromatic heterocycles. The fourth-order valence-electron chi connectivity index (χ4n) is 4.49. The number of piperazine rings is 1. The first kappa shape index (κ1) is 20.7. The Balaban J connectivity index is 1.31. The zero-order chi connectivity index (χ0) is 21.2. The summed E-state index contributed by atoms with van der Waals surface area (Å²) in [6.07, 6.45) is 5.18. The number of likely N-dealkylation sites (tertiary alicyclic amines) is 1. The lowest BCUT2D eigenvalue weighted by Gasteiger charge is -2.36. The summed E-state index contributed by atoms with van der Waals surface area (Å²) in [5, 5.41) is 3.99. The normalized spacial score (nSPS) is 18.0. The minimum atomic E-state index is 0.278. The first-order valence-corrected chi connectivity index (χ1v) is 12.2. The Kier molecular flexibility index (Phi) is 6.07. The van der Waals surface area contributed by atoms with Crippen LogP contribution in [0, 0.1) is 0 Å². The van der Waals surface area contributed by atoms with Gasteiger partial charge in [0.05, 0.1) is 11.9 Å². The van der Waals surface area contributed by atoms with E-state index in [-0.39, 0.29) is 5.91 Å². The molecule has 4 heterocycles. The molecule has 0 aliphatic carbocycles. The number of fused-ring (bicyclic) bond motifs is 1. The molecule has 0 saturated carbocycles. The highest BCUT2D eigenvalue weighted by atomic mass is 35.5. The van der Waals surface area contributed by atoms with E-state index in [1.54, 1.807) is 17.7 Å². The highest BCUT2D eigenvalue weighted by Crippen LogP contribution is 2.38. The van der Waals surface area contributed by atoms with E-state index in [1.807, 2.05) is 29.2 Å². The van der Waals surface area contributed by atoms with Crippen LogP contribution in [0.15, 0.2) is 36.0 Å². The lowest BCUT2D eigenvalue weighted by molar-refractivity contribution is -0.133. The SMILES string of the molecule is O=C(CN1CCN(c2ncnc3scc(-c4ccc(Cl)cc4)c23)CC1)N1CCCCC1. The summed E-state index contributed by atoms with van der Waals surface area (Å²) < 4.78 is 0. The second-order valence-electron chi connectivity index (χ2n) is 8.24. The van der Waals surface area contributed by atoms with Crippen molar-refractivity contribution in [2.75, 3.05) is 50.7 Å². The van der Waals surface area contributed by atoms with Gasteiger partial charge < -0.3 is 9.80 Å². The number of benzene rings is 1. The molecule has 2 aliphatic heterocycles. The van der Waals surface area contributed by atoms with Crippen LogP contribution < -0.4 is 4.90 Å². The predicted molar refractivity (Wildman–Crippen MR) is 127 cm³/mol. The molecule has 31 heavy (non-hydrogen) atoms. The van der Waals surface area contributed by atoms with Crippen molar-refractivity contribution in [3.05, 3.63) is 41.0 Å². The van der Waals surface area contributed by atoms with Crippen LogP contribution in [0.2, 0.25) is 5.02 Å². The molecule has 162 valence electrons. The average Bonchev–Trinajstić information content (AvgIpc) is 3.25. The van der Waals surface area contributed by atoms with Gasteiger partial charge in [-0.3, -0.25) is 9.69 Å². The molecule has 0 N–H and O–H groups in total. The fourth-order valence-corrected chi connectivity index (χ4v) is 5.53. The summed E-state index contributed by atoms with van der Waals surface area (Å²) in [5.41, 5.74) is 2.27. The van der Waals surface area contributed by atoms with Gasteiger partial charge in [0, 0.05) is 55.2 Å². The van der Waals surface area contributed by atoms with E-state index in [4.69, 9.17) is 11.6 Å². The third kappa shape index (κ3) is 4.40. The second-order valence-corrected chi connectivity index (χ2v) is 9.53. The van der Waals surface area contributed by atoms with Gasteiger partial charge in [0.1, 0.15) is 17.0 Å². The van der Waals surface area contributed by atoms with Crippen LogP contribution in [-0.4, -0.2) is 71.5 Å². The zero-order valence-electron chi connectivity index (χ0n) is 17.5. The number of rotatable bonds is 4. The van der Waals surface area contributed by atoms with Crippen molar-refractivity contribution in [3.63, 3.8) is 0 Å². The minimum absolute atomic E-state index is 0.278. The fraction of sp³-hybridized carbons (Fsp3) is 0.435. The molecule has 2 fully saturated rings. The van der Waals surface area contributed by atoms with Crippen molar-refractivity contribution < 1.29 is 4.79 Å². The molecule has 0 bridgehead atoms. The predicted octanol–water partition coefficient (Wildman–Crippen LogP) is 4.15. The van der Waals surface area contributed by atoms with Crippen LogP contribution in [0.3, 0.4) is 0 Å². The van der Waals surface area contributed by atoms with E-state index in [0.717, 1.165) is 84.3 Å². The average molecular weight is 456 g/mol. The van der Waals surface area contributed by atoms with Gasteiger partial charge in [0.2, 0.25) is 5.91 Å². The molecule has 1 aromatic carbocycles. The zero-order valence-corrected chi connectivity index (χ0v) is 19.0. The third-order valence-electron chi connectivity index (χ3n) is 6.24. The van der Waals surface area contributed by atoms with Gasteiger partial charge in [-0.05, 0) is 37.0 Å². The minimum Gasteiger partial charge on any atom is -0.353 e. The Bertz CT molecular complexity index is 1060. The van der Waals surface area contributed by atoms with Gasteiger partial charge in [-0.2, -0.15) is 0 Å². The van der Waals surface area contributed by atoms with Crippen molar-refractivity contribution in [2.24, 2.45) is 0 Å². The Labute approximate surface area is 191 Å². The summed E-state index contributed by atoms with van der Waals surface area (Å²) in [4.78, 5) is 29.4. The van der Waals surface area contributed by atoms with Crippen molar-refractivity contribution in [2.45, 2.75) is 19.3 Å². The number of carbonyl (C=O) groups excluding carboxylic acids is 1. The van der Waals surface area contributed by atoms with Gasteiger partial charge in [-0.1, -0.05) is 23.7 Å². The lowest BCUT2D eigenvalue weighted by Crippen LogP contribution is -2.51. The van der Waals surface area contributed by atoms with Crippen LogP contribution in [0.25, 0.3) is 21.3 Å². The van der Waals surface area contributed by atoms with E-state index < -0.39 is 0 Å². The summed E-state index contributed by atoms with van der Waals surface area (Å²) in [5.74, 6) is 1.26. The molecule has 8 heteroatoms. The monoisotopic (exact) mass is 455 g/mol. The summed E-state index contributed by atoms with van der Waals surface area (Å²) in [7, 11) is 0. The number of carbonyl (C=O) groups is 1. The number of hydrogen-bond donors (Lipinski definition) is 0. The number of amides is 1. The Morgan fingerprint density at radius 1 is 0.968 bits per heavy atom. The second kappa shape index (κ2) is 9.10. The molecular formula is C23H26ClN5OS. The van der Waals surface area contributed by atoms with Crippen molar-refractivity contribution in [3.8, 4) is 11.1 Å². The summed E-state index contributed by atoms with van der Waals surface area (Å²) >= 11 is 7.73. The van der Waals surface area contributed by atoms with E-state index in [9.17, 15) is 4.79 Å². The van der Waals surface area contributed by atoms with Gasteiger partial charge in [-0.25, -0.2) is 9.97 Å². The van der Waals surface area contributed by atoms with E-state index in [2.05, 4.69) is 25.1 Å². The van der Waals surface area contributed by atoms with Gasteiger partial charge >= 0.3 is 0 Å². The molecule has 5 rings (SSSR count). The molecule has 0 unspecified atom stereocenters.